The number of hydrogen-bond acceptors (Lipinski definition) is 4. The van der Waals surface area contributed by atoms with Crippen LogP contribution in [0.3, 0.4) is 0 Å². The van der Waals surface area contributed by atoms with E-state index >= 15 is 0 Å². The van der Waals surface area contributed by atoms with Gasteiger partial charge in [-0.15, -0.1) is 0 Å². The first-order chi connectivity index (χ1) is 28.7. The minimum Gasteiger partial charge on any atom is -0.228 e. The summed E-state index contributed by atoms with van der Waals surface area (Å²) in [4.78, 5) is 13.0. The quantitative estimate of drug-likeness (QED) is 0.175. The summed E-state index contributed by atoms with van der Waals surface area (Å²) in [5, 5.41) is 9.52. The number of fused-ring (bicyclic) bond motifs is 9. The van der Waals surface area contributed by atoms with E-state index in [9.17, 15) is 5.26 Å². The van der Waals surface area contributed by atoms with Gasteiger partial charge in [-0.2, -0.15) is 5.26 Å². The van der Waals surface area contributed by atoms with Crippen LogP contribution in [-0.2, 0) is 5.41 Å². The van der Waals surface area contributed by atoms with E-state index in [0.717, 1.165) is 44.8 Å². The predicted molar refractivity (Wildman–Crippen MR) is 235 cm³/mol. The number of nitrogens with zero attached hydrogens (tertiary/aromatic N) is 3. The largest absolute Gasteiger partial charge is 0.228 e. The van der Waals surface area contributed by atoms with Gasteiger partial charge in [-0.1, -0.05) is 163 Å². The van der Waals surface area contributed by atoms with Crippen molar-refractivity contribution in [2.75, 3.05) is 0 Å². The molecule has 58 heavy (non-hydrogen) atoms. The molecule has 270 valence electrons. The third-order valence-electron chi connectivity index (χ3n) is 11.6. The molecule has 0 saturated carbocycles. The molecule has 0 bridgehead atoms. The van der Waals surface area contributed by atoms with Gasteiger partial charge in [0.15, 0.2) is 5.82 Å². The van der Waals surface area contributed by atoms with Crippen molar-refractivity contribution in [1.82, 2.24) is 9.97 Å². The van der Waals surface area contributed by atoms with Crippen molar-refractivity contribution in [1.29, 1.82) is 5.26 Å². The molecule has 8 aromatic carbocycles. The van der Waals surface area contributed by atoms with Crippen LogP contribution in [0.25, 0.3) is 67.3 Å². The first kappa shape index (κ1) is 34.0. The second-order valence-corrected chi connectivity index (χ2v) is 15.9. The molecule has 0 fully saturated rings. The Morgan fingerprint density at radius 1 is 0.379 bits per heavy atom. The summed E-state index contributed by atoms with van der Waals surface area (Å²) in [5.41, 5.74) is 16.9. The van der Waals surface area contributed by atoms with Crippen LogP contribution in [-0.4, -0.2) is 9.97 Å². The van der Waals surface area contributed by atoms with Gasteiger partial charge in [0.2, 0.25) is 0 Å². The second kappa shape index (κ2) is 13.7. The molecule has 11 rings (SSSR count). The van der Waals surface area contributed by atoms with Gasteiger partial charge in [0.25, 0.3) is 0 Å². The van der Waals surface area contributed by atoms with Gasteiger partial charge < -0.3 is 0 Å². The van der Waals surface area contributed by atoms with E-state index in [1.165, 1.54) is 48.7 Å². The molecule has 3 nitrogen and oxygen atoms in total. The highest BCUT2D eigenvalue weighted by molar-refractivity contribution is 7.99. The van der Waals surface area contributed by atoms with Crippen molar-refractivity contribution in [2.45, 2.75) is 15.2 Å². The summed E-state index contributed by atoms with van der Waals surface area (Å²) in [6.07, 6.45) is 0. The molecule has 0 N–H and O–H groups in total. The van der Waals surface area contributed by atoms with Crippen molar-refractivity contribution in [3.63, 3.8) is 0 Å². The molecule has 1 aliphatic heterocycles. The maximum absolute atomic E-state index is 9.52. The molecule has 0 unspecified atom stereocenters. The van der Waals surface area contributed by atoms with Crippen LogP contribution in [0.5, 0.6) is 0 Å². The Morgan fingerprint density at radius 3 is 1.48 bits per heavy atom. The van der Waals surface area contributed by atoms with Gasteiger partial charge in [-0.05, 0) is 104 Å². The van der Waals surface area contributed by atoms with E-state index in [1.807, 2.05) is 48.2 Å². The fraction of sp³-hybridized carbons (Fsp3) is 0.0185. The smallest absolute Gasteiger partial charge is 0.160 e. The van der Waals surface area contributed by atoms with Crippen molar-refractivity contribution < 1.29 is 0 Å². The normalized spacial score (nSPS) is 12.9. The van der Waals surface area contributed by atoms with Crippen LogP contribution in [0.2, 0.25) is 0 Å². The van der Waals surface area contributed by atoms with E-state index in [2.05, 4.69) is 170 Å². The van der Waals surface area contributed by atoms with Gasteiger partial charge in [-0.25, -0.2) is 9.97 Å². The molecule has 1 aliphatic carbocycles. The molecule has 0 atom stereocenters. The zero-order valence-corrected chi connectivity index (χ0v) is 32.1. The lowest BCUT2D eigenvalue weighted by Crippen LogP contribution is -2.32. The van der Waals surface area contributed by atoms with Gasteiger partial charge in [0.1, 0.15) is 0 Å². The minimum absolute atomic E-state index is 0.580. The number of aromatic nitrogens is 2. The molecule has 2 aliphatic rings. The lowest BCUT2D eigenvalue weighted by molar-refractivity contribution is 0.723. The SMILES string of the molecule is N#Cc1ccc(-c2ccc3c(c2)C2(c4ccccc4Sc4ccccc42)c2cc(-c4cc(-c5cccc(-c6ccccc6)c5)nc(-c5ccccc5)n4)ccc2-3)cc1. The molecule has 0 amide bonds. The van der Waals surface area contributed by atoms with Crippen LogP contribution in [0.4, 0.5) is 0 Å². The standard InChI is InChI=1S/C54H33N3S/c55-34-35-22-24-37(25-23-35)40-26-28-43-44-29-27-42(32-48(44)54(47(43)31-40)45-18-7-9-20-51(45)58-52-21-10-8-19-46(52)54)50-33-49(56-53(57-50)38-14-5-2-6-15-38)41-17-11-16-39(30-41)36-12-3-1-4-13-36/h1-33H. The average Bonchev–Trinajstić information content (AvgIpc) is 3.58. The lowest BCUT2D eigenvalue weighted by atomic mass is 9.67. The van der Waals surface area contributed by atoms with E-state index in [1.54, 1.807) is 0 Å². The van der Waals surface area contributed by atoms with E-state index in [0.29, 0.717) is 11.4 Å². The maximum Gasteiger partial charge on any atom is 0.160 e. The Kier molecular flexibility index (Phi) is 8.03. The first-order valence-electron chi connectivity index (χ1n) is 19.4. The Morgan fingerprint density at radius 2 is 0.845 bits per heavy atom. The zero-order chi connectivity index (χ0) is 38.6. The van der Waals surface area contributed by atoms with Crippen molar-refractivity contribution in [3.05, 3.63) is 228 Å². The highest BCUT2D eigenvalue weighted by atomic mass is 32.2. The van der Waals surface area contributed by atoms with E-state index in [4.69, 9.17) is 9.97 Å². The van der Waals surface area contributed by atoms with E-state index in [-0.39, 0.29) is 0 Å². The zero-order valence-electron chi connectivity index (χ0n) is 31.3. The molecule has 4 heteroatoms. The van der Waals surface area contributed by atoms with Gasteiger partial charge >= 0.3 is 0 Å². The van der Waals surface area contributed by atoms with Gasteiger partial charge in [0.05, 0.1) is 28.4 Å². The van der Waals surface area contributed by atoms with Crippen LogP contribution in [0, 0.1) is 11.3 Å². The third-order valence-corrected chi connectivity index (χ3v) is 12.8. The van der Waals surface area contributed by atoms with Gasteiger partial charge in [0, 0.05) is 26.5 Å². The Labute approximate surface area is 342 Å². The monoisotopic (exact) mass is 755 g/mol. The van der Waals surface area contributed by atoms with Crippen molar-refractivity contribution >= 4 is 11.8 Å². The lowest BCUT2D eigenvalue weighted by Gasteiger charge is -2.40. The third kappa shape index (κ3) is 5.44. The maximum atomic E-state index is 9.52. The fourth-order valence-corrected chi connectivity index (χ4v) is 10.1. The summed E-state index contributed by atoms with van der Waals surface area (Å²) in [5.74, 6) is 0.688. The minimum atomic E-state index is -0.580. The van der Waals surface area contributed by atoms with Crippen LogP contribution >= 0.6 is 11.8 Å². The van der Waals surface area contributed by atoms with E-state index < -0.39 is 5.41 Å². The number of nitriles is 1. The van der Waals surface area contributed by atoms with Gasteiger partial charge in [-0.3, -0.25) is 0 Å². The first-order valence-corrected chi connectivity index (χ1v) is 20.3. The number of benzene rings is 8. The molecule has 1 spiro atoms. The summed E-state index contributed by atoms with van der Waals surface area (Å²) in [6.45, 7) is 0. The highest BCUT2D eigenvalue weighted by Gasteiger charge is 2.50. The molecular weight excluding hydrogens is 723 g/mol. The highest BCUT2D eigenvalue weighted by Crippen LogP contribution is 2.63. The molecule has 2 heterocycles. The Hall–Kier alpha value is -7.32. The molecule has 9 aromatic rings. The van der Waals surface area contributed by atoms with Crippen LogP contribution in [0.1, 0.15) is 27.8 Å². The summed E-state index contributed by atoms with van der Waals surface area (Å²) in [7, 11) is 0. The topological polar surface area (TPSA) is 49.6 Å². The average molecular weight is 756 g/mol. The van der Waals surface area contributed by atoms with Crippen LogP contribution < -0.4 is 0 Å². The number of hydrogen-bond donors (Lipinski definition) is 0. The molecule has 0 saturated heterocycles. The summed E-state index contributed by atoms with van der Waals surface area (Å²) < 4.78 is 0. The van der Waals surface area contributed by atoms with Crippen molar-refractivity contribution in [2.24, 2.45) is 0 Å². The number of rotatable bonds is 5. The fourth-order valence-electron chi connectivity index (χ4n) is 8.92. The summed E-state index contributed by atoms with van der Waals surface area (Å²) >= 11 is 1.85. The Bertz CT molecular complexity index is 3050. The van der Waals surface area contributed by atoms with Crippen molar-refractivity contribution in [3.8, 4) is 73.4 Å². The molecule has 0 radical (unpaired) electrons. The second-order valence-electron chi connectivity index (χ2n) is 14.8. The molecule has 1 aromatic heterocycles. The van der Waals surface area contributed by atoms with Crippen LogP contribution in [0.15, 0.2) is 210 Å². The summed E-state index contributed by atoms with van der Waals surface area (Å²) in [6, 6.07) is 73.3. The molecular formula is C54H33N3S. The Balaban J connectivity index is 1.15. The predicted octanol–water partition coefficient (Wildman–Crippen LogP) is 13.5.